The summed E-state index contributed by atoms with van der Waals surface area (Å²) in [5.41, 5.74) is 3.28. The Hall–Kier alpha value is -3.24. The first-order valence-electron chi connectivity index (χ1n) is 8.78. The molecule has 0 saturated carbocycles. The topological polar surface area (TPSA) is 58.9 Å². The van der Waals surface area contributed by atoms with E-state index in [-0.39, 0.29) is 6.61 Å². The number of hydrogen-bond acceptors (Lipinski definition) is 4. The smallest absolute Gasteiger partial charge is 0.333 e. The van der Waals surface area contributed by atoms with Crippen LogP contribution >= 0.6 is 0 Å². The number of nitrogens with zero attached hydrogens (tertiary/aromatic N) is 1. The zero-order valence-corrected chi connectivity index (χ0v) is 14.9. The van der Waals surface area contributed by atoms with E-state index >= 15 is 0 Å². The summed E-state index contributed by atoms with van der Waals surface area (Å²) in [6.07, 6.45) is 0. The number of ether oxygens (including phenoxy) is 1. The van der Waals surface area contributed by atoms with Crippen molar-refractivity contribution in [1.82, 2.24) is 0 Å². The molecular formula is C23H21NO3. The SMILES string of the molecule is O=C(OCc1ccccc1)[C@H](CO)N=C(c1ccccc1)c1ccccc1. The number of carbonyl (C=O) groups is 1. The number of hydrogen-bond donors (Lipinski definition) is 1. The molecule has 0 spiro atoms. The van der Waals surface area contributed by atoms with Crippen molar-refractivity contribution in [2.75, 3.05) is 6.61 Å². The first kappa shape index (κ1) is 18.5. The summed E-state index contributed by atoms with van der Waals surface area (Å²) in [6, 6.07) is 27.6. The van der Waals surface area contributed by atoms with E-state index in [2.05, 4.69) is 4.99 Å². The Balaban J connectivity index is 1.84. The molecule has 0 heterocycles. The molecule has 3 aromatic rings. The lowest BCUT2D eigenvalue weighted by Crippen LogP contribution is -2.27. The Morgan fingerprint density at radius 3 is 1.78 bits per heavy atom. The number of carbonyl (C=O) groups excluding carboxylic acids is 1. The maximum Gasteiger partial charge on any atom is 0.333 e. The molecule has 1 N–H and O–H groups in total. The molecule has 27 heavy (non-hydrogen) atoms. The van der Waals surface area contributed by atoms with Gasteiger partial charge in [-0.15, -0.1) is 0 Å². The molecule has 0 saturated heterocycles. The fourth-order valence-corrected chi connectivity index (χ4v) is 2.66. The molecule has 1 atom stereocenters. The highest BCUT2D eigenvalue weighted by molar-refractivity contribution is 6.13. The van der Waals surface area contributed by atoms with E-state index in [1.165, 1.54) is 0 Å². The number of aliphatic hydroxyl groups excluding tert-OH is 1. The van der Waals surface area contributed by atoms with Crippen LogP contribution in [-0.2, 0) is 16.1 Å². The van der Waals surface area contributed by atoms with Crippen LogP contribution in [0.3, 0.4) is 0 Å². The van der Waals surface area contributed by atoms with Crippen LogP contribution in [0.2, 0.25) is 0 Å². The van der Waals surface area contributed by atoms with E-state index in [1.54, 1.807) is 0 Å². The van der Waals surface area contributed by atoms with Crippen molar-refractivity contribution >= 4 is 11.7 Å². The maximum atomic E-state index is 12.5. The van der Waals surface area contributed by atoms with Crippen molar-refractivity contribution in [2.24, 2.45) is 4.99 Å². The van der Waals surface area contributed by atoms with Gasteiger partial charge < -0.3 is 9.84 Å². The Bertz CT molecular complexity index is 836. The van der Waals surface area contributed by atoms with Gasteiger partial charge in [0.15, 0.2) is 6.04 Å². The van der Waals surface area contributed by atoms with Crippen LogP contribution in [0.4, 0.5) is 0 Å². The van der Waals surface area contributed by atoms with Crippen LogP contribution in [0, 0.1) is 0 Å². The molecule has 3 aromatic carbocycles. The first-order chi connectivity index (χ1) is 13.3. The van der Waals surface area contributed by atoms with Gasteiger partial charge in [-0.1, -0.05) is 91.0 Å². The molecule has 4 nitrogen and oxygen atoms in total. The third-order valence-corrected chi connectivity index (χ3v) is 4.05. The van der Waals surface area contributed by atoms with Crippen LogP contribution in [-0.4, -0.2) is 29.4 Å². The molecule has 0 amide bonds. The third-order valence-electron chi connectivity index (χ3n) is 4.05. The highest BCUT2D eigenvalue weighted by Crippen LogP contribution is 2.13. The quantitative estimate of drug-likeness (QED) is 0.518. The highest BCUT2D eigenvalue weighted by atomic mass is 16.5. The second kappa shape index (κ2) is 9.46. The van der Waals surface area contributed by atoms with E-state index in [4.69, 9.17) is 4.74 Å². The van der Waals surface area contributed by atoms with E-state index < -0.39 is 18.6 Å². The Morgan fingerprint density at radius 2 is 1.30 bits per heavy atom. The van der Waals surface area contributed by atoms with Crippen molar-refractivity contribution in [2.45, 2.75) is 12.6 Å². The number of esters is 1. The van der Waals surface area contributed by atoms with Crippen molar-refractivity contribution in [3.05, 3.63) is 108 Å². The van der Waals surface area contributed by atoms with Gasteiger partial charge in [-0.05, 0) is 5.56 Å². The summed E-state index contributed by atoms with van der Waals surface area (Å²) in [5.74, 6) is -0.550. The first-order valence-corrected chi connectivity index (χ1v) is 8.78. The molecular weight excluding hydrogens is 338 g/mol. The van der Waals surface area contributed by atoms with Crippen molar-refractivity contribution in [3.8, 4) is 0 Å². The van der Waals surface area contributed by atoms with Crippen LogP contribution in [0.1, 0.15) is 16.7 Å². The number of rotatable bonds is 7. The molecule has 136 valence electrons. The zero-order chi connectivity index (χ0) is 18.9. The van der Waals surface area contributed by atoms with Crippen LogP contribution in [0.5, 0.6) is 0 Å². The standard InChI is InChI=1S/C23H21NO3/c25-16-21(23(26)27-17-18-10-4-1-5-11-18)24-22(19-12-6-2-7-13-19)20-14-8-3-9-15-20/h1-15,21,25H,16-17H2/t21-/m0/s1. The molecule has 0 bridgehead atoms. The van der Waals surface area contributed by atoms with Gasteiger partial charge in [0.25, 0.3) is 0 Å². The monoisotopic (exact) mass is 359 g/mol. The maximum absolute atomic E-state index is 12.5. The molecule has 0 aliphatic heterocycles. The third kappa shape index (κ3) is 5.12. The van der Waals surface area contributed by atoms with Gasteiger partial charge in [-0.25, -0.2) is 4.79 Å². The van der Waals surface area contributed by atoms with Crippen LogP contribution in [0.25, 0.3) is 0 Å². The van der Waals surface area contributed by atoms with Crippen molar-refractivity contribution in [3.63, 3.8) is 0 Å². The van der Waals surface area contributed by atoms with Gasteiger partial charge in [0.05, 0.1) is 12.3 Å². The molecule has 0 unspecified atom stereocenters. The molecule has 0 radical (unpaired) electrons. The summed E-state index contributed by atoms with van der Waals surface area (Å²) in [4.78, 5) is 17.0. The minimum absolute atomic E-state index is 0.150. The summed E-state index contributed by atoms with van der Waals surface area (Å²) in [7, 11) is 0. The van der Waals surface area contributed by atoms with Crippen LogP contribution in [0.15, 0.2) is 96.0 Å². The number of aliphatic hydroxyl groups is 1. The largest absolute Gasteiger partial charge is 0.459 e. The number of benzene rings is 3. The zero-order valence-electron chi connectivity index (χ0n) is 14.9. The summed E-state index contributed by atoms with van der Waals surface area (Å²) in [5, 5.41) is 9.73. The van der Waals surface area contributed by atoms with Gasteiger partial charge >= 0.3 is 5.97 Å². The van der Waals surface area contributed by atoms with Gasteiger partial charge in [0, 0.05) is 11.1 Å². The Kier molecular flexibility index (Phi) is 6.50. The van der Waals surface area contributed by atoms with E-state index in [0.29, 0.717) is 5.71 Å². The molecule has 0 aromatic heterocycles. The van der Waals surface area contributed by atoms with Gasteiger partial charge in [-0.3, -0.25) is 4.99 Å². The highest BCUT2D eigenvalue weighted by Gasteiger charge is 2.20. The molecule has 0 aliphatic carbocycles. The second-order valence-electron chi connectivity index (χ2n) is 6.00. The van der Waals surface area contributed by atoms with E-state index in [9.17, 15) is 9.90 Å². The lowest BCUT2D eigenvalue weighted by atomic mass is 10.0. The van der Waals surface area contributed by atoms with E-state index in [1.807, 2.05) is 91.0 Å². The predicted octanol–water partition coefficient (Wildman–Crippen LogP) is 3.63. The van der Waals surface area contributed by atoms with Gasteiger partial charge in [0.1, 0.15) is 6.61 Å². The minimum atomic E-state index is -0.982. The summed E-state index contributed by atoms with van der Waals surface area (Å²) >= 11 is 0. The predicted molar refractivity (Wildman–Crippen MR) is 106 cm³/mol. The van der Waals surface area contributed by atoms with Crippen LogP contribution < -0.4 is 0 Å². The lowest BCUT2D eigenvalue weighted by Gasteiger charge is -2.14. The average molecular weight is 359 g/mol. The molecule has 4 heteroatoms. The minimum Gasteiger partial charge on any atom is -0.459 e. The van der Waals surface area contributed by atoms with Gasteiger partial charge in [-0.2, -0.15) is 0 Å². The van der Waals surface area contributed by atoms with Crippen molar-refractivity contribution in [1.29, 1.82) is 0 Å². The fourth-order valence-electron chi connectivity index (χ4n) is 2.66. The normalized spacial score (nSPS) is 11.4. The lowest BCUT2D eigenvalue weighted by molar-refractivity contribution is -0.147. The Morgan fingerprint density at radius 1 is 0.815 bits per heavy atom. The second-order valence-corrected chi connectivity index (χ2v) is 6.00. The summed E-state index contributed by atoms with van der Waals surface area (Å²) < 4.78 is 5.35. The Labute approximate surface area is 158 Å². The average Bonchev–Trinajstić information content (AvgIpc) is 2.75. The fraction of sp³-hybridized carbons (Fsp3) is 0.130. The number of aliphatic imine (C=N–C) groups is 1. The molecule has 3 rings (SSSR count). The molecule has 0 aliphatic rings. The van der Waals surface area contributed by atoms with Gasteiger partial charge in [0.2, 0.25) is 0 Å². The summed E-state index contributed by atoms with van der Waals surface area (Å²) in [6.45, 7) is -0.269. The van der Waals surface area contributed by atoms with Crippen molar-refractivity contribution < 1.29 is 14.6 Å². The molecule has 0 fully saturated rings. The van der Waals surface area contributed by atoms with E-state index in [0.717, 1.165) is 16.7 Å².